The highest BCUT2D eigenvalue weighted by Gasteiger charge is 2.18. The highest BCUT2D eigenvalue weighted by molar-refractivity contribution is 5.95. The molecular formula is C31H22FN7O. The van der Waals surface area contributed by atoms with Crippen LogP contribution in [0.15, 0.2) is 91.4 Å². The molecule has 0 aliphatic rings. The lowest BCUT2D eigenvalue weighted by molar-refractivity contribution is 0.305. The van der Waals surface area contributed by atoms with E-state index in [1.165, 1.54) is 12.1 Å². The van der Waals surface area contributed by atoms with Crippen LogP contribution >= 0.6 is 0 Å². The number of pyridine rings is 3. The minimum absolute atomic E-state index is 0.293. The van der Waals surface area contributed by atoms with Gasteiger partial charge in [-0.15, -0.1) is 0 Å². The number of fused-ring (bicyclic) bond motifs is 2. The number of aromatic nitrogens is 7. The SMILES string of the molecule is Cc1cc(F)cc(-c2ccnc3nc(-c4n[nH]c5ccc(-c6cncc(OCc7ccccc7)c6)nc45)[nH]c23)c1. The van der Waals surface area contributed by atoms with Gasteiger partial charge in [-0.05, 0) is 60.0 Å². The monoisotopic (exact) mass is 527 g/mol. The largest absolute Gasteiger partial charge is 0.487 e. The second-order valence-corrected chi connectivity index (χ2v) is 9.51. The number of nitrogens with zero attached hydrogens (tertiary/aromatic N) is 5. The number of halogens is 1. The summed E-state index contributed by atoms with van der Waals surface area (Å²) >= 11 is 0. The predicted octanol–water partition coefficient (Wildman–Crippen LogP) is 6.65. The van der Waals surface area contributed by atoms with Crippen LogP contribution in [0.4, 0.5) is 4.39 Å². The predicted molar refractivity (Wildman–Crippen MR) is 151 cm³/mol. The number of hydrogen-bond acceptors (Lipinski definition) is 6. The third-order valence-electron chi connectivity index (χ3n) is 6.63. The van der Waals surface area contributed by atoms with E-state index in [0.29, 0.717) is 40.6 Å². The molecule has 194 valence electrons. The van der Waals surface area contributed by atoms with E-state index in [0.717, 1.165) is 39.0 Å². The third kappa shape index (κ3) is 4.43. The highest BCUT2D eigenvalue weighted by atomic mass is 19.1. The van der Waals surface area contributed by atoms with Gasteiger partial charge in [0.1, 0.15) is 23.7 Å². The second kappa shape index (κ2) is 9.70. The van der Waals surface area contributed by atoms with E-state index in [4.69, 9.17) is 14.7 Å². The van der Waals surface area contributed by atoms with Gasteiger partial charge >= 0.3 is 0 Å². The number of ether oxygens (including phenoxy) is 1. The highest BCUT2D eigenvalue weighted by Crippen LogP contribution is 2.32. The Balaban J connectivity index is 1.25. The molecule has 0 aliphatic carbocycles. The van der Waals surface area contributed by atoms with E-state index in [1.807, 2.05) is 67.6 Å². The normalized spacial score (nSPS) is 11.3. The van der Waals surface area contributed by atoms with Crippen molar-refractivity contribution in [2.45, 2.75) is 13.5 Å². The zero-order valence-electron chi connectivity index (χ0n) is 21.4. The van der Waals surface area contributed by atoms with E-state index in [1.54, 1.807) is 18.6 Å². The Morgan fingerprint density at radius 3 is 2.67 bits per heavy atom. The maximum atomic E-state index is 14.2. The first kappa shape index (κ1) is 23.7. The average molecular weight is 528 g/mol. The summed E-state index contributed by atoms with van der Waals surface area (Å²) in [5.41, 5.74) is 8.16. The Morgan fingerprint density at radius 1 is 0.900 bits per heavy atom. The third-order valence-corrected chi connectivity index (χ3v) is 6.63. The summed E-state index contributed by atoms with van der Waals surface area (Å²) in [6, 6.07) is 22.5. The number of nitrogens with one attached hydrogen (secondary N) is 2. The molecule has 7 aromatic rings. The second-order valence-electron chi connectivity index (χ2n) is 9.51. The minimum atomic E-state index is -0.293. The fraction of sp³-hybridized carbons (Fsp3) is 0.0645. The summed E-state index contributed by atoms with van der Waals surface area (Å²) in [7, 11) is 0. The van der Waals surface area contributed by atoms with Crippen LogP contribution in [-0.4, -0.2) is 35.1 Å². The number of rotatable bonds is 6. The minimum Gasteiger partial charge on any atom is -0.487 e. The van der Waals surface area contributed by atoms with Gasteiger partial charge in [0.25, 0.3) is 0 Å². The van der Waals surface area contributed by atoms with Crippen molar-refractivity contribution in [1.82, 2.24) is 35.1 Å². The Hall–Kier alpha value is -5.44. The lowest BCUT2D eigenvalue weighted by Gasteiger charge is -2.08. The van der Waals surface area contributed by atoms with Gasteiger partial charge in [-0.3, -0.25) is 10.1 Å². The first-order valence-electron chi connectivity index (χ1n) is 12.7. The molecule has 40 heavy (non-hydrogen) atoms. The van der Waals surface area contributed by atoms with E-state index in [2.05, 4.69) is 25.1 Å². The molecule has 0 fully saturated rings. The van der Waals surface area contributed by atoms with Gasteiger partial charge in [0.05, 0.1) is 22.9 Å². The van der Waals surface area contributed by atoms with Crippen LogP contribution in [0.3, 0.4) is 0 Å². The number of hydrogen-bond donors (Lipinski definition) is 2. The molecule has 0 bridgehead atoms. The van der Waals surface area contributed by atoms with Gasteiger partial charge < -0.3 is 9.72 Å². The average Bonchev–Trinajstić information content (AvgIpc) is 3.60. The van der Waals surface area contributed by atoms with Gasteiger partial charge in [-0.2, -0.15) is 5.10 Å². The molecule has 9 heteroatoms. The van der Waals surface area contributed by atoms with Crippen molar-refractivity contribution in [3.63, 3.8) is 0 Å². The van der Waals surface area contributed by atoms with Crippen molar-refractivity contribution in [2.24, 2.45) is 0 Å². The molecule has 0 amide bonds. The van der Waals surface area contributed by atoms with Gasteiger partial charge in [0.2, 0.25) is 0 Å². The molecule has 0 aliphatic heterocycles. The van der Waals surface area contributed by atoms with Crippen LogP contribution in [0, 0.1) is 12.7 Å². The number of aromatic amines is 2. The standard InChI is InChI=1S/C31H22FN7O/c1-18-11-20(13-22(32)12-18)24-9-10-34-30-27(24)36-31(37-30)29-28-26(38-39-29)8-7-25(35-28)21-14-23(16-33-15-21)40-17-19-5-3-2-4-6-19/h2-16H,17H2,1H3,(H,38,39)(H,34,36,37). The lowest BCUT2D eigenvalue weighted by Crippen LogP contribution is -1.96. The molecule has 0 saturated heterocycles. The topological polar surface area (TPSA) is 105 Å². The molecule has 7 rings (SSSR count). The fourth-order valence-corrected chi connectivity index (χ4v) is 4.76. The number of H-pyrrole nitrogens is 2. The summed E-state index contributed by atoms with van der Waals surface area (Å²) in [6.45, 7) is 2.31. The van der Waals surface area contributed by atoms with Crippen LogP contribution in [0.5, 0.6) is 5.75 Å². The molecule has 0 radical (unpaired) electrons. The zero-order chi connectivity index (χ0) is 27.1. The molecule has 0 saturated carbocycles. The van der Waals surface area contributed by atoms with Gasteiger partial charge in [-0.25, -0.2) is 19.3 Å². The number of benzene rings is 2. The van der Waals surface area contributed by atoms with Crippen LogP contribution in [0.2, 0.25) is 0 Å². The van der Waals surface area contributed by atoms with Crippen LogP contribution in [0.25, 0.3) is 56.1 Å². The Kier molecular flexibility index (Phi) is 5.74. The summed E-state index contributed by atoms with van der Waals surface area (Å²) in [5.74, 6) is 0.870. The van der Waals surface area contributed by atoms with Gasteiger partial charge in [0.15, 0.2) is 17.2 Å². The van der Waals surface area contributed by atoms with Crippen LogP contribution in [-0.2, 0) is 6.61 Å². The van der Waals surface area contributed by atoms with Crippen molar-refractivity contribution >= 4 is 22.2 Å². The molecule has 2 N–H and O–H groups in total. The first-order valence-corrected chi connectivity index (χ1v) is 12.7. The van der Waals surface area contributed by atoms with E-state index < -0.39 is 0 Å². The van der Waals surface area contributed by atoms with Crippen molar-refractivity contribution in [3.8, 4) is 39.7 Å². The maximum Gasteiger partial charge on any atom is 0.178 e. The van der Waals surface area contributed by atoms with Crippen LogP contribution in [0.1, 0.15) is 11.1 Å². The maximum absolute atomic E-state index is 14.2. The first-order chi connectivity index (χ1) is 19.6. The molecule has 0 unspecified atom stereocenters. The van der Waals surface area contributed by atoms with Crippen molar-refractivity contribution in [1.29, 1.82) is 0 Å². The fourth-order valence-electron chi connectivity index (χ4n) is 4.76. The van der Waals surface area contributed by atoms with Crippen molar-refractivity contribution in [2.75, 3.05) is 0 Å². The molecule has 0 spiro atoms. The van der Waals surface area contributed by atoms with Gasteiger partial charge in [0, 0.05) is 23.5 Å². The summed E-state index contributed by atoms with van der Waals surface area (Å²) in [5, 5.41) is 7.54. The summed E-state index contributed by atoms with van der Waals surface area (Å²) in [4.78, 5) is 21.7. The van der Waals surface area contributed by atoms with Crippen molar-refractivity contribution in [3.05, 3.63) is 108 Å². The zero-order valence-corrected chi connectivity index (χ0v) is 21.4. The molecular weight excluding hydrogens is 505 g/mol. The quantitative estimate of drug-likeness (QED) is 0.251. The smallest absolute Gasteiger partial charge is 0.178 e. The van der Waals surface area contributed by atoms with Gasteiger partial charge in [-0.1, -0.05) is 36.4 Å². The Morgan fingerprint density at radius 2 is 1.80 bits per heavy atom. The molecule has 2 aromatic carbocycles. The van der Waals surface area contributed by atoms with Crippen LogP contribution < -0.4 is 4.74 Å². The Bertz CT molecular complexity index is 1980. The van der Waals surface area contributed by atoms with E-state index in [-0.39, 0.29) is 5.82 Å². The van der Waals surface area contributed by atoms with E-state index >= 15 is 0 Å². The molecule has 8 nitrogen and oxygen atoms in total. The number of imidazole rings is 1. The summed E-state index contributed by atoms with van der Waals surface area (Å²) in [6.07, 6.45) is 5.11. The Labute approximate surface area is 228 Å². The number of aryl methyl sites for hydroxylation is 1. The van der Waals surface area contributed by atoms with E-state index in [9.17, 15) is 4.39 Å². The summed E-state index contributed by atoms with van der Waals surface area (Å²) < 4.78 is 20.1. The van der Waals surface area contributed by atoms with Crippen molar-refractivity contribution < 1.29 is 9.13 Å². The molecule has 0 atom stereocenters. The molecule has 5 heterocycles. The molecule has 5 aromatic heterocycles. The lowest BCUT2D eigenvalue weighted by atomic mass is 10.0.